The van der Waals surface area contributed by atoms with Crippen molar-refractivity contribution in [2.24, 2.45) is 0 Å². The molecule has 0 unspecified atom stereocenters. The van der Waals surface area contributed by atoms with Crippen LogP contribution in [0, 0.1) is 10.1 Å². The molecule has 0 aliphatic rings. The van der Waals surface area contributed by atoms with Gasteiger partial charge in [0.1, 0.15) is 5.75 Å². The largest absolute Gasteiger partial charge is 0.483 e. The number of anilines is 1. The minimum Gasteiger partial charge on any atom is -0.483 e. The van der Waals surface area contributed by atoms with Crippen molar-refractivity contribution < 1.29 is 14.5 Å². The number of rotatable bonds is 6. The first-order chi connectivity index (χ1) is 11.4. The summed E-state index contributed by atoms with van der Waals surface area (Å²) in [5.74, 6) is 0.641. The van der Waals surface area contributed by atoms with Crippen LogP contribution in [0.4, 0.5) is 11.4 Å². The number of non-ortho nitro benzene ring substituents is 1. The fourth-order valence-corrected chi connectivity index (χ4v) is 2.51. The molecule has 0 spiro atoms. The molecule has 0 aliphatic carbocycles. The van der Waals surface area contributed by atoms with Gasteiger partial charge in [0, 0.05) is 17.8 Å². The number of benzene rings is 2. The van der Waals surface area contributed by atoms with Crippen LogP contribution in [0.2, 0.25) is 0 Å². The molecule has 0 fully saturated rings. The average Bonchev–Trinajstić information content (AvgIpc) is 2.54. The summed E-state index contributed by atoms with van der Waals surface area (Å²) in [6, 6.07) is 11.4. The van der Waals surface area contributed by atoms with Gasteiger partial charge >= 0.3 is 0 Å². The molecule has 0 aliphatic heterocycles. The lowest BCUT2D eigenvalue weighted by atomic mass is 10.0. The molecule has 1 N–H and O–H groups in total. The van der Waals surface area contributed by atoms with Gasteiger partial charge in [-0.2, -0.15) is 0 Å². The number of carbonyl (C=O) groups excluding carboxylic acids is 1. The van der Waals surface area contributed by atoms with E-state index in [0.29, 0.717) is 17.4 Å². The summed E-state index contributed by atoms with van der Waals surface area (Å²) in [5.41, 5.74) is 1.62. The molecule has 0 saturated heterocycles. The molecule has 2 aromatic rings. The van der Waals surface area contributed by atoms with E-state index in [1.807, 2.05) is 18.2 Å². The van der Waals surface area contributed by atoms with Crippen LogP contribution in [0.25, 0.3) is 0 Å². The van der Waals surface area contributed by atoms with Crippen molar-refractivity contribution in [2.45, 2.75) is 19.8 Å². The number of hydrogen-bond donors (Lipinski definition) is 1. The van der Waals surface area contributed by atoms with Crippen LogP contribution in [0.3, 0.4) is 0 Å². The quantitative estimate of drug-likeness (QED) is 0.579. The number of amides is 1. The highest BCUT2D eigenvalue weighted by molar-refractivity contribution is 9.10. The number of nitro benzene ring substituents is 1. The molecule has 2 aromatic carbocycles. The van der Waals surface area contributed by atoms with Gasteiger partial charge in [-0.3, -0.25) is 14.9 Å². The number of ether oxygens (including phenoxy) is 1. The summed E-state index contributed by atoms with van der Waals surface area (Å²) < 4.78 is 6.29. The van der Waals surface area contributed by atoms with E-state index in [4.69, 9.17) is 4.74 Å². The molecule has 24 heavy (non-hydrogen) atoms. The van der Waals surface area contributed by atoms with Gasteiger partial charge in [-0.25, -0.2) is 0 Å². The van der Waals surface area contributed by atoms with Gasteiger partial charge in [-0.15, -0.1) is 0 Å². The first kappa shape index (κ1) is 17.9. The van der Waals surface area contributed by atoms with Crippen molar-refractivity contribution in [1.29, 1.82) is 0 Å². The summed E-state index contributed by atoms with van der Waals surface area (Å²) in [6.07, 6.45) is 0. The molecule has 2 rings (SSSR count). The normalized spacial score (nSPS) is 10.5. The molecule has 0 atom stereocenters. The molecule has 0 heterocycles. The van der Waals surface area contributed by atoms with Crippen LogP contribution in [-0.4, -0.2) is 17.4 Å². The molecule has 0 saturated carbocycles. The van der Waals surface area contributed by atoms with E-state index in [2.05, 4.69) is 35.1 Å². The Morgan fingerprint density at radius 2 is 1.92 bits per heavy atom. The average molecular weight is 393 g/mol. The van der Waals surface area contributed by atoms with Crippen molar-refractivity contribution in [1.82, 2.24) is 0 Å². The SMILES string of the molecule is CC(C)c1ccc(OCC(=O)Nc2ccc([N+](=O)[O-])cc2)c(Br)c1. The number of carbonyl (C=O) groups is 1. The molecule has 7 heteroatoms. The van der Waals surface area contributed by atoms with Crippen LogP contribution < -0.4 is 10.1 Å². The van der Waals surface area contributed by atoms with E-state index in [-0.39, 0.29) is 18.2 Å². The zero-order valence-corrected chi connectivity index (χ0v) is 14.9. The fourth-order valence-electron chi connectivity index (χ4n) is 2.00. The molecule has 6 nitrogen and oxygen atoms in total. The van der Waals surface area contributed by atoms with Crippen molar-refractivity contribution >= 4 is 33.2 Å². The lowest BCUT2D eigenvalue weighted by molar-refractivity contribution is -0.384. The topological polar surface area (TPSA) is 81.5 Å². The number of nitro groups is 1. The molecular formula is C17H17BrN2O4. The van der Waals surface area contributed by atoms with E-state index < -0.39 is 4.92 Å². The second-order valence-corrected chi connectivity index (χ2v) is 6.34. The summed E-state index contributed by atoms with van der Waals surface area (Å²) in [6.45, 7) is 4.04. The molecular weight excluding hydrogens is 376 g/mol. The Bertz CT molecular complexity index is 745. The minimum atomic E-state index is -0.493. The fraction of sp³-hybridized carbons (Fsp3) is 0.235. The van der Waals surface area contributed by atoms with E-state index in [1.165, 1.54) is 29.8 Å². The lowest BCUT2D eigenvalue weighted by Crippen LogP contribution is -2.20. The second kappa shape index (κ2) is 7.92. The van der Waals surface area contributed by atoms with Gasteiger partial charge < -0.3 is 10.1 Å². The Labute approximate surface area is 148 Å². The standard InChI is InChI=1S/C17H17BrN2O4/c1-11(2)12-3-8-16(15(18)9-12)24-10-17(21)19-13-4-6-14(7-5-13)20(22)23/h3-9,11H,10H2,1-2H3,(H,19,21). The van der Waals surface area contributed by atoms with Gasteiger partial charge in [0.05, 0.1) is 9.40 Å². The van der Waals surface area contributed by atoms with Gasteiger partial charge in [-0.1, -0.05) is 19.9 Å². The molecule has 1 amide bonds. The van der Waals surface area contributed by atoms with E-state index in [1.54, 1.807) is 0 Å². The predicted molar refractivity (Wildman–Crippen MR) is 95.5 cm³/mol. The highest BCUT2D eigenvalue weighted by atomic mass is 79.9. The van der Waals surface area contributed by atoms with E-state index >= 15 is 0 Å². The van der Waals surface area contributed by atoms with E-state index in [9.17, 15) is 14.9 Å². The number of halogens is 1. The van der Waals surface area contributed by atoms with Gasteiger partial charge in [-0.05, 0) is 51.7 Å². The number of nitrogens with zero attached hydrogens (tertiary/aromatic N) is 1. The van der Waals surface area contributed by atoms with Crippen LogP contribution >= 0.6 is 15.9 Å². The Hall–Kier alpha value is -2.41. The Morgan fingerprint density at radius 1 is 1.25 bits per heavy atom. The van der Waals surface area contributed by atoms with Gasteiger partial charge in [0.15, 0.2) is 6.61 Å². The van der Waals surface area contributed by atoms with Gasteiger partial charge in [0.2, 0.25) is 0 Å². The van der Waals surface area contributed by atoms with Crippen LogP contribution in [0.5, 0.6) is 5.75 Å². The third-order valence-corrected chi connectivity index (χ3v) is 3.96. The zero-order valence-electron chi connectivity index (χ0n) is 13.3. The van der Waals surface area contributed by atoms with E-state index in [0.717, 1.165) is 4.47 Å². The summed E-state index contributed by atoms with van der Waals surface area (Å²) in [4.78, 5) is 22.0. The Kier molecular flexibility index (Phi) is 5.92. The Morgan fingerprint density at radius 3 is 2.46 bits per heavy atom. The Balaban J connectivity index is 1.92. The molecule has 0 radical (unpaired) electrons. The minimum absolute atomic E-state index is 0.0292. The number of hydrogen-bond acceptors (Lipinski definition) is 4. The summed E-state index contributed by atoms with van der Waals surface area (Å²) >= 11 is 3.43. The lowest BCUT2D eigenvalue weighted by Gasteiger charge is -2.11. The third kappa shape index (κ3) is 4.79. The van der Waals surface area contributed by atoms with Crippen molar-refractivity contribution in [3.63, 3.8) is 0 Å². The zero-order chi connectivity index (χ0) is 17.7. The van der Waals surface area contributed by atoms with Crippen LogP contribution in [-0.2, 0) is 4.79 Å². The molecule has 126 valence electrons. The van der Waals surface area contributed by atoms with Crippen molar-refractivity contribution in [3.8, 4) is 5.75 Å². The molecule has 0 aromatic heterocycles. The monoisotopic (exact) mass is 392 g/mol. The smallest absolute Gasteiger partial charge is 0.269 e. The highest BCUT2D eigenvalue weighted by Crippen LogP contribution is 2.28. The molecule has 0 bridgehead atoms. The van der Waals surface area contributed by atoms with Crippen LogP contribution in [0.1, 0.15) is 25.3 Å². The van der Waals surface area contributed by atoms with Crippen molar-refractivity contribution in [3.05, 3.63) is 62.6 Å². The van der Waals surface area contributed by atoms with Gasteiger partial charge in [0.25, 0.3) is 11.6 Å². The number of nitrogens with one attached hydrogen (secondary N) is 1. The van der Waals surface area contributed by atoms with Crippen molar-refractivity contribution in [2.75, 3.05) is 11.9 Å². The first-order valence-electron chi connectivity index (χ1n) is 7.33. The summed E-state index contributed by atoms with van der Waals surface area (Å²) in [5, 5.41) is 13.2. The third-order valence-electron chi connectivity index (χ3n) is 3.34. The predicted octanol–water partition coefficient (Wildman–Crippen LogP) is 4.50. The maximum Gasteiger partial charge on any atom is 0.269 e. The second-order valence-electron chi connectivity index (χ2n) is 5.49. The maximum absolute atomic E-state index is 11.9. The summed E-state index contributed by atoms with van der Waals surface area (Å²) in [7, 11) is 0. The first-order valence-corrected chi connectivity index (χ1v) is 8.12. The van der Waals surface area contributed by atoms with Crippen LogP contribution in [0.15, 0.2) is 46.9 Å². The maximum atomic E-state index is 11.9. The highest BCUT2D eigenvalue weighted by Gasteiger charge is 2.09.